The van der Waals surface area contributed by atoms with Crippen LogP contribution in [0.3, 0.4) is 0 Å². The van der Waals surface area contributed by atoms with Crippen molar-refractivity contribution in [3.63, 3.8) is 0 Å². The van der Waals surface area contributed by atoms with Gasteiger partial charge in [-0.25, -0.2) is 22.5 Å². The zero-order chi connectivity index (χ0) is 24.7. The fraction of sp³-hybridized carbons (Fsp3) is 0.261. The SMILES string of the molecule is CCCN(CC(=O)Nc1ccc(F)c(F)c1F)C(=O)Cc1csc(COc2ccc(F)cc2)n1. The Morgan fingerprint density at radius 1 is 1.06 bits per heavy atom. The molecule has 11 heteroatoms. The summed E-state index contributed by atoms with van der Waals surface area (Å²) in [6.07, 6.45) is 0.492. The van der Waals surface area contributed by atoms with Crippen LogP contribution in [0.4, 0.5) is 23.2 Å². The van der Waals surface area contributed by atoms with Gasteiger partial charge in [0.2, 0.25) is 11.8 Å². The van der Waals surface area contributed by atoms with E-state index in [-0.39, 0.29) is 31.3 Å². The summed E-state index contributed by atoms with van der Waals surface area (Å²) in [6, 6.07) is 7.15. The van der Waals surface area contributed by atoms with Crippen LogP contribution in [0.1, 0.15) is 24.0 Å². The van der Waals surface area contributed by atoms with Crippen molar-refractivity contribution < 1.29 is 31.9 Å². The van der Waals surface area contributed by atoms with Crippen molar-refractivity contribution in [2.75, 3.05) is 18.4 Å². The number of rotatable bonds is 10. The van der Waals surface area contributed by atoms with Crippen molar-refractivity contribution in [1.29, 1.82) is 0 Å². The average molecular weight is 495 g/mol. The van der Waals surface area contributed by atoms with E-state index in [0.717, 1.165) is 6.07 Å². The molecule has 0 aliphatic heterocycles. The second kappa shape index (κ2) is 11.6. The summed E-state index contributed by atoms with van der Waals surface area (Å²) in [4.78, 5) is 30.7. The van der Waals surface area contributed by atoms with E-state index in [9.17, 15) is 27.2 Å². The van der Waals surface area contributed by atoms with Crippen LogP contribution in [0, 0.1) is 23.3 Å². The minimum atomic E-state index is -1.69. The van der Waals surface area contributed by atoms with E-state index in [1.54, 1.807) is 5.38 Å². The fourth-order valence-corrected chi connectivity index (χ4v) is 3.69. The minimum absolute atomic E-state index is 0.0696. The van der Waals surface area contributed by atoms with Crippen LogP contribution in [0.25, 0.3) is 0 Å². The molecule has 1 N–H and O–H groups in total. The number of benzene rings is 2. The molecule has 0 saturated heterocycles. The van der Waals surface area contributed by atoms with Gasteiger partial charge >= 0.3 is 0 Å². The largest absolute Gasteiger partial charge is 0.486 e. The smallest absolute Gasteiger partial charge is 0.244 e. The van der Waals surface area contributed by atoms with Crippen LogP contribution >= 0.6 is 11.3 Å². The molecule has 0 aliphatic rings. The zero-order valence-electron chi connectivity index (χ0n) is 18.1. The Hall–Kier alpha value is -3.47. The van der Waals surface area contributed by atoms with Gasteiger partial charge in [0.05, 0.1) is 24.3 Å². The lowest BCUT2D eigenvalue weighted by Crippen LogP contribution is -2.39. The van der Waals surface area contributed by atoms with Gasteiger partial charge in [0.1, 0.15) is 23.2 Å². The number of carbonyl (C=O) groups is 2. The van der Waals surface area contributed by atoms with Gasteiger partial charge in [0.25, 0.3) is 0 Å². The van der Waals surface area contributed by atoms with E-state index in [2.05, 4.69) is 10.3 Å². The number of anilines is 1. The lowest BCUT2D eigenvalue weighted by Gasteiger charge is -2.21. The number of hydrogen-bond donors (Lipinski definition) is 1. The molecule has 0 saturated carbocycles. The first kappa shape index (κ1) is 25.2. The number of nitrogens with zero attached hydrogens (tertiary/aromatic N) is 2. The van der Waals surface area contributed by atoms with Gasteiger partial charge in [0.15, 0.2) is 17.5 Å². The summed E-state index contributed by atoms with van der Waals surface area (Å²) >= 11 is 1.29. The molecule has 0 spiro atoms. The molecule has 0 atom stereocenters. The number of halogens is 4. The summed E-state index contributed by atoms with van der Waals surface area (Å²) in [5, 5.41) is 4.47. The lowest BCUT2D eigenvalue weighted by molar-refractivity contribution is -0.134. The first-order valence-electron chi connectivity index (χ1n) is 10.3. The second-order valence-electron chi connectivity index (χ2n) is 7.24. The molecule has 1 heterocycles. The van der Waals surface area contributed by atoms with E-state index in [1.807, 2.05) is 6.92 Å². The maximum Gasteiger partial charge on any atom is 0.244 e. The number of ether oxygens (including phenoxy) is 1. The lowest BCUT2D eigenvalue weighted by atomic mass is 10.2. The Bertz CT molecular complexity index is 1150. The average Bonchev–Trinajstić information content (AvgIpc) is 3.26. The normalized spacial score (nSPS) is 10.7. The van der Waals surface area contributed by atoms with Gasteiger partial charge in [-0.3, -0.25) is 9.59 Å². The van der Waals surface area contributed by atoms with Crippen LogP contribution in [0.2, 0.25) is 0 Å². The second-order valence-corrected chi connectivity index (χ2v) is 8.18. The predicted molar refractivity (Wildman–Crippen MR) is 118 cm³/mol. The van der Waals surface area contributed by atoms with Gasteiger partial charge in [-0.05, 0) is 42.8 Å². The molecule has 0 radical (unpaired) electrons. The van der Waals surface area contributed by atoms with Crippen LogP contribution in [-0.4, -0.2) is 34.8 Å². The van der Waals surface area contributed by atoms with Crippen LogP contribution in [-0.2, 0) is 22.6 Å². The Morgan fingerprint density at radius 2 is 1.79 bits per heavy atom. The summed E-state index contributed by atoms with van der Waals surface area (Å²) in [5.74, 6) is -5.60. The minimum Gasteiger partial charge on any atom is -0.486 e. The van der Waals surface area contributed by atoms with Gasteiger partial charge in [0, 0.05) is 11.9 Å². The van der Waals surface area contributed by atoms with Gasteiger partial charge < -0.3 is 15.0 Å². The number of aromatic nitrogens is 1. The third-order valence-electron chi connectivity index (χ3n) is 4.60. The van der Waals surface area contributed by atoms with E-state index < -0.39 is 35.6 Å². The summed E-state index contributed by atoms with van der Waals surface area (Å²) in [7, 11) is 0. The quantitative estimate of drug-likeness (QED) is 0.327. The monoisotopic (exact) mass is 495 g/mol. The number of hydrogen-bond acceptors (Lipinski definition) is 5. The highest BCUT2D eigenvalue weighted by Gasteiger charge is 2.20. The standard InChI is InChI=1S/C23H21F4N3O3S/c1-2-9-30(11-19(31)29-18-8-7-17(25)22(26)23(18)27)21(32)10-15-13-34-20(28-15)12-33-16-5-3-14(24)4-6-16/h3-8,13H,2,9-12H2,1H3,(H,29,31). The topological polar surface area (TPSA) is 71.5 Å². The van der Waals surface area contributed by atoms with Crippen molar-refractivity contribution in [1.82, 2.24) is 9.88 Å². The summed E-state index contributed by atoms with van der Waals surface area (Å²) < 4.78 is 58.7. The van der Waals surface area contributed by atoms with E-state index in [4.69, 9.17) is 4.74 Å². The molecule has 180 valence electrons. The Labute approximate surface area is 197 Å². The van der Waals surface area contributed by atoms with Crippen molar-refractivity contribution in [2.24, 2.45) is 0 Å². The molecule has 3 aromatic rings. The zero-order valence-corrected chi connectivity index (χ0v) is 18.9. The number of amides is 2. The number of thiazole rings is 1. The highest BCUT2D eigenvalue weighted by atomic mass is 32.1. The number of nitrogens with one attached hydrogen (secondary N) is 1. The van der Waals surface area contributed by atoms with Crippen molar-refractivity contribution in [3.8, 4) is 5.75 Å². The Kier molecular flexibility index (Phi) is 8.58. The molecule has 0 bridgehead atoms. The molecule has 6 nitrogen and oxygen atoms in total. The van der Waals surface area contributed by atoms with Crippen LogP contribution < -0.4 is 10.1 Å². The van der Waals surface area contributed by atoms with Crippen LogP contribution in [0.15, 0.2) is 41.8 Å². The van der Waals surface area contributed by atoms with Crippen molar-refractivity contribution >= 4 is 28.8 Å². The van der Waals surface area contributed by atoms with Gasteiger partial charge in [-0.1, -0.05) is 6.92 Å². The molecule has 0 unspecified atom stereocenters. The molecule has 2 amide bonds. The maximum atomic E-state index is 13.8. The van der Waals surface area contributed by atoms with Crippen LogP contribution in [0.5, 0.6) is 5.75 Å². The molecular weight excluding hydrogens is 474 g/mol. The predicted octanol–water partition coefficient (Wildman–Crippen LogP) is 4.70. The molecule has 1 aromatic heterocycles. The Balaban J connectivity index is 1.56. The maximum absolute atomic E-state index is 13.8. The molecule has 3 rings (SSSR count). The summed E-state index contributed by atoms with van der Waals surface area (Å²) in [5.41, 5.74) is -0.0287. The molecule has 2 aromatic carbocycles. The third kappa shape index (κ3) is 6.77. The van der Waals surface area contributed by atoms with Crippen molar-refractivity contribution in [3.05, 3.63) is 75.7 Å². The van der Waals surface area contributed by atoms with E-state index >= 15 is 0 Å². The molecule has 0 fully saturated rings. The van der Waals surface area contributed by atoms with E-state index in [0.29, 0.717) is 28.9 Å². The molecular formula is C23H21F4N3O3S. The van der Waals surface area contributed by atoms with Gasteiger partial charge in [-0.2, -0.15) is 0 Å². The fourth-order valence-electron chi connectivity index (χ4n) is 2.99. The number of carbonyl (C=O) groups excluding carboxylic acids is 2. The van der Waals surface area contributed by atoms with Gasteiger partial charge in [-0.15, -0.1) is 11.3 Å². The third-order valence-corrected chi connectivity index (χ3v) is 5.47. The summed E-state index contributed by atoms with van der Waals surface area (Å²) in [6.45, 7) is 1.83. The molecule has 34 heavy (non-hydrogen) atoms. The first-order valence-corrected chi connectivity index (χ1v) is 11.2. The van der Waals surface area contributed by atoms with E-state index in [1.165, 1.54) is 40.5 Å². The molecule has 0 aliphatic carbocycles. The highest BCUT2D eigenvalue weighted by molar-refractivity contribution is 7.09. The highest BCUT2D eigenvalue weighted by Crippen LogP contribution is 2.20. The Morgan fingerprint density at radius 3 is 2.50 bits per heavy atom. The van der Waals surface area contributed by atoms with Crippen molar-refractivity contribution in [2.45, 2.75) is 26.4 Å². The first-order chi connectivity index (χ1) is 16.3.